The van der Waals surface area contributed by atoms with Gasteiger partial charge in [-0.25, -0.2) is 4.98 Å². The molecule has 1 saturated heterocycles. The Balaban J connectivity index is 1.58. The Morgan fingerprint density at radius 3 is 2.61 bits per heavy atom. The number of H-pyrrole nitrogens is 1. The molecule has 1 aromatic heterocycles. The highest BCUT2D eigenvalue weighted by molar-refractivity contribution is 5.92. The zero-order chi connectivity index (χ0) is 16.2. The Morgan fingerprint density at radius 2 is 1.96 bits per heavy atom. The number of nitrogens with zero attached hydrogens (tertiary/aromatic N) is 2. The van der Waals surface area contributed by atoms with Gasteiger partial charge in [0.2, 0.25) is 0 Å². The molecule has 2 N–H and O–H groups in total. The molecule has 5 nitrogen and oxygen atoms in total. The minimum Gasteiger partial charge on any atom is -0.348 e. The van der Waals surface area contributed by atoms with E-state index in [0.29, 0.717) is 11.7 Å². The molecule has 1 fully saturated rings. The van der Waals surface area contributed by atoms with Gasteiger partial charge in [0.05, 0.1) is 6.20 Å². The number of amides is 1. The molecule has 0 aliphatic carbocycles. The van der Waals surface area contributed by atoms with Crippen LogP contribution < -0.4 is 5.32 Å². The third-order valence-electron chi connectivity index (χ3n) is 4.46. The number of nitrogens with one attached hydrogen (secondary N) is 2. The van der Waals surface area contributed by atoms with Gasteiger partial charge in [-0.2, -0.15) is 0 Å². The molecule has 1 aromatic carbocycles. The van der Waals surface area contributed by atoms with Gasteiger partial charge >= 0.3 is 0 Å². The van der Waals surface area contributed by atoms with Gasteiger partial charge in [-0.1, -0.05) is 30.3 Å². The van der Waals surface area contributed by atoms with Gasteiger partial charge in [-0.05, 0) is 26.7 Å². The molecule has 0 unspecified atom stereocenters. The molecule has 5 heteroatoms. The number of aromatic nitrogens is 2. The second-order valence-electron chi connectivity index (χ2n) is 6.39. The molecule has 2 aromatic rings. The molecule has 1 amide bonds. The summed E-state index contributed by atoms with van der Waals surface area (Å²) in [6.07, 6.45) is 3.62. The van der Waals surface area contributed by atoms with Crippen molar-refractivity contribution in [3.8, 4) is 11.4 Å². The summed E-state index contributed by atoms with van der Waals surface area (Å²) in [4.78, 5) is 22.3. The standard InChI is InChI=1S/C18H24N4O/c1-13(2)22-10-8-15(9-11-22)20-18(23)16-12-19-17(21-16)14-6-4-3-5-7-14/h3-7,12-13,15H,8-11H2,1-2H3,(H,19,21)(H,20,23). The molecule has 0 spiro atoms. The van der Waals surface area contributed by atoms with Crippen LogP contribution in [0.1, 0.15) is 37.2 Å². The summed E-state index contributed by atoms with van der Waals surface area (Å²) in [7, 11) is 0. The van der Waals surface area contributed by atoms with Crippen molar-refractivity contribution in [3.05, 3.63) is 42.2 Å². The average molecular weight is 312 g/mol. The highest BCUT2D eigenvalue weighted by Crippen LogP contribution is 2.16. The normalized spacial score (nSPS) is 16.7. The van der Waals surface area contributed by atoms with Crippen LogP contribution in [0.4, 0.5) is 0 Å². The fourth-order valence-corrected chi connectivity index (χ4v) is 3.00. The summed E-state index contributed by atoms with van der Waals surface area (Å²) in [5.74, 6) is 0.660. The van der Waals surface area contributed by atoms with Crippen molar-refractivity contribution in [1.82, 2.24) is 20.2 Å². The highest BCUT2D eigenvalue weighted by atomic mass is 16.2. The first-order chi connectivity index (χ1) is 11.1. The van der Waals surface area contributed by atoms with Crippen molar-refractivity contribution in [1.29, 1.82) is 0 Å². The quantitative estimate of drug-likeness (QED) is 0.912. The molecule has 3 rings (SSSR count). The number of aromatic amines is 1. The van der Waals surface area contributed by atoms with Crippen LogP contribution in [0, 0.1) is 0 Å². The largest absolute Gasteiger partial charge is 0.348 e. The van der Waals surface area contributed by atoms with E-state index in [9.17, 15) is 4.79 Å². The first-order valence-electron chi connectivity index (χ1n) is 8.29. The zero-order valence-electron chi connectivity index (χ0n) is 13.7. The Hall–Kier alpha value is -2.14. The van der Waals surface area contributed by atoms with Crippen LogP contribution in [0.15, 0.2) is 36.5 Å². The Labute approximate surface area is 137 Å². The van der Waals surface area contributed by atoms with E-state index in [2.05, 4.69) is 34.0 Å². The predicted molar refractivity (Wildman–Crippen MR) is 91.2 cm³/mol. The zero-order valence-corrected chi connectivity index (χ0v) is 13.7. The molecule has 0 atom stereocenters. The van der Waals surface area contributed by atoms with Crippen molar-refractivity contribution < 1.29 is 4.79 Å². The number of imidazole rings is 1. The van der Waals surface area contributed by atoms with Crippen LogP contribution in [0.5, 0.6) is 0 Å². The molecular formula is C18H24N4O. The van der Waals surface area contributed by atoms with Crippen molar-refractivity contribution in [2.45, 2.75) is 38.8 Å². The Morgan fingerprint density at radius 1 is 1.26 bits per heavy atom. The van der Waals surface area contributed by atoms with Crippen LogP contribution in [-0.2, 0) is 0 Å². The van der Waals surface area contributed by atoms with Crippen LogP contribution >= 0.6 is 0 Å². The van der Waals surface area contributed by atoms with Crippen molar-refractivity contribution >= 4 is 5.91 Å². The maximum absolute atomic E-state index is 12.4. The van der Waals surface area contributed by atoms with Gasteiger partial charge in [0, 0.05) is 30.7 Å². The summed E-state index contributed by atoms with van der Waals surface area (Å²) in [5, 5.41) is 3.12. The summed E-state index contributed by atoms with van der Waals surface area (Å²) in [6.45, 7) is 6.52. The number of piperidine rings is 1. The second kappa shape index (κ2) is 6.96. The lowest BCUT2D eigenvalue weighted by Gasteiger charge is -2.34. The molecule has 0 radical (unpaired) electrons. The van der Waals surface area contributed by atoms with Crippen LogP contribution in [-0.4, -0.2) is 45.9 Å². The average Bonchev–Trinajstić information content (AvgIpc) is 3.06. The highest BCUT2D eigenvalue weighted by Gasteiger charge is 2.23. The number of likely N-dealkylation sites (tertiary alicyclic amines) is 1. The minimum atomic E-state index is -0.0670. The van der Waals surface area contributed by atoms with E-state index in [1.807, 2.05) is 30.3 Å². The number of benzene rings is 1. The molecule has 0 saturated carbocycles. The lowest BCUT2D eigenvalue weighted by atomic mass is 10.0. The summed E-state index contributed by atoms with van der Waals surface area (Å²) >= 11 is 0. The number of hydrogen-bond acceptors (Lipinski definition) is 3. The third-order valence-corrected chi connectivity index (χ3v) is 4.46. The summed E-state index contributed by atoms with van der Waals surface area (Å²) in [5.41, 5.74) is 1.51. The fourth-order valence-electron chi connectivity index (χ4n) is 3.00. The van der Waals surface area contributed by atoms with Gasteiger partial charge in [0.1, 0.15) is 11.5 Å². The Kier molecular flexibility index (Phi) is 4.76. The van der Waals surface area contributed by atoms with Crippen molar-refractivity contribution in [2.24, 2.45) is 0 Å². The summed E-state index contributed by atoms with van der Waals surface area (Å²) in [6, 6.07) is 10.7. The van der Waals surface area contributed by atoms with Gasteiger partial charge in [-0.3, -0.25) is 4.79 Å². The van der Waals surface area contributed by atoms with Crippen molar-refractivity contribution in [2.75, 3.05) is 13.1 Å². The number of carbonyl (C=O) groups is 1. The van der Waals surface area contributed by atoms with Gasteiger partial charge in [-0.15, -0.1) is 0 Å². The van der Waals surface area contributed by atoms with E-state index in [1.165, 1.54) is 0 Å². The molecular weight excluding hydrogens is 288 g/mol. The first-order valence-corrected chi connectivity index (χ1v) is 8.29. The molecule has 1 aliphatic rings. The first kappa shape index (κ1) is 15.7. The fraction of sp³-hybridized carbons (Fsp3) is 0.444. The topological polar surface area (TPSA) is 61.0 Å². The van der Waals surface area contributed by atoms with Crippen LogP contribution in [0.3, 0.4) is 0 Å². The summed E-state index contributed by atoms with van der Waals surface area (Å²) < 4.78 is 0. The van der Waals surface area contributed by atoms with Gasteiger partial charge in [0.25, 0.3) is 5.91 Å². The van der Waals surface area contributed by atoms with E-state index < -0.39 is 0 Å². The van der Waals surface area contributed by atoms with E-state index in [1.54, 1.807) is 6.20 Å². The third kappa shape index (κ3) is 3.79. The van der Waals surface area contributed by atoms with Gasteiger partial charge in [0.15, 0.2) is 0 Å². The smallest absolute Gasteiger partial charge is 0.269 e. The van der Waals surface area contributed by atoms with Crippen LogP contribution in [0.2, 0.25) is 0 Å². The van der Waals surface area contributed by atoms with E-state index >= 15 is 0 Å². The van der Waals surface area contributed by atoms with Crippen molar-refractivity contribution in [3.63, 3.8) is 0 Å². The number of hydrogen-bond donors (Lipinski definition) is 2. The molecule has 23 heavy (non-hydrogen) atoms. The molecule has 122 valence electrons. The maximum atomic E-state index is 12.4. The Bertz CT molecular complexity index is 642. The minimum absolute atomic E-state index is 0.0670. The monoisotopic (exact) mass is 312 g/mol. The van der Waals surface area contributed by atoms with Gasteiger partial charge < -0.3 is 15.2 Å². The molecule has 0 bridgehead atoms. The van der Waals surface area contributed by atoms with E-state index in [4.69, 9.17) is 0 Å². The SMILES string of the molecule is CC(C)N1CCC(NC(=O)c2cnc(-c3ccccc3)[nH]2)CC1. The number of carbonyl (C=O) groups excluding carboxylic acids is 1. The molecule has 2 heterocycles. The van der Waals surface area contributed by atoms with Crippen LogP contribution in [0.25, 0.3) is 11.4 Å². The van der Waals surface area contributed by atoms with E-state index in [0.717, 1.165) is 37.3 Å². The maximum Gasteiger partial charge on any atom is 0.269 e. The van der Waals surface area contributed by atoms with E-state index in [-0.39, 0.29) is 11.9 Å². The molecule has 1 aliphatic heterocycles. The lowest BCUT2D eigenvalue weighted by Crippen LogP contribution is -2.46. The second-order valence-corrected chi connectivity index (χ2v) is 6.39. The number of rotatable bonds is 4. The predicted octanol–water partition coefficient (Wildman–Crippen LogP) is 2.68. The lowest BCUT2D eigenvalue weighted by molar-refractivity contribution is 0.0896.